The van der Waals surface area contributed by atoms with Crippen LogP contribution in [0.1, 0.15) is 27.8 Å². The minimum Gasteiger partial charge on any atom is -0.203 e. The predicted molar refractivity (Wildman–Crippen MR) is 126 cm³/mol. The largest absolute Gasteiger partial charge is 0.203 e. The number of nitrogens with zero attached hydrogens (tertiary/aromatic N) is 5. The molecule has 18 heteroatoms. The average Bonchev–Trinajstić information content (AvgIpc) is 3.77. The highest BCUT2D eigenvalue weighted by molar-refractivity contribution is 6.12. The van der Waals surface area contributed by atoms with Gasteiger partial charge in [0.25, 0.3) is 0 Å². The van der Waals surface area contributed by atoms with Gasteiger partial charge in [0.2, 0.25) is 5.82 Å². The summed E-state index contributed by atoms with van der Waals surface area (Å²) in [6.07, 6.45) is 0. The molecule has 3 aromatic carbocycles. The van der Waals surface area contributed by atoms with Crippen molar-refractivity contribution in [3.05, 3.63) is 120 Å². The fourth-order valence-corrected chi connectivity index (χ4v) is 4.37. The summed E-state index contributed by atoms with van der Waals surface area (Å²) in [6.45, 7) is 0. The molecule has 0 heterocycles. The third-order valence-corrected chi connectivity index (χ3v) is 6.48. The highest BCUT2D eigenvalue weighted by Crippen LogP contribution is 2.57. The van der Waals surface area contributed by atoms with E-state index >= 15 is 0 Å². The third-order valence-electron chi connectivity index (χ3n) is 6.48. The van der Waals surface area contributed by atoms with Crippen molar-refractivity contribution in [3.63, 3.8) is 0 Å². The number of hydrogen-bond donors (Lipinski definition) is 0. The maximum absolute atomic E-state index is 15.0. The van der Waals surface area contributed by atoms with E-state index < -0.39 is 137 Å². The lowest BCUT2D eigenvalue weighted by molar-refractivity contribution is 0.376. The fourth-order valence-electron chi connectivity index (χ4n) is 4.37. The standard InChI is InChI=1S/C29F13N5/c30-17-9(4-46)18(31)22(35)14(21(17)34)6(1-43)11-12(7(2-44)15-23(36)19(32)10(5-47)20(33)24(15)37)13(11)8(3-45)16-25(38)27(40)29(42)28(41)26(16)39. The van der Waals surface area contributed by atoms with Crippen molar-refractivity contribution in [1.29, 1.82) is 26.3 Å². The Bertz CT molecular complexity index is 2130. The van der Waals surface area contributed by atoms with E-state index in [1.54, 1.807) is 0 Å². The van der Waals surface area contributed by atoms with Gasteiger partial charge in [-0.3, -0.25) is 0 Å². The van der Waals surface area contributed by atoms with Gasteiger partial charge in [0.1, 0.15) is 41.5 Å². The Balaban J connectivity index is 2.37. The molecule has 3 aromatic rings. The van der Waals surface area contributed by atoms with Crippen LogP contribution in [0, 0.1) is 132 Å². The van der Waals surface area contributed by atoms with E-state index in [-0.39, 0.29) is 0 Å². The number of hydrogen-bond acceptors (Lipinski definition) is 5. The summed E-state index contributed by atoms with van der Waals surface area (Å²) in [7, 11) is 0. The molecular weight excluding hydrogens is 665 g/mol. The first-order chi connectivity index (χ1) is 22.1. The molecule has 0 unspecified atom stereocenters. The van der Waals surface area contributed by atoms with Gasteiger partial charge in [0.05, 0.1) is 33.4 Å². The maximum atomic E-state index is 15.0. The summed E-state index contributed by atoms with van der Waals surface area (Å²) in [6, 6.07) is 4.26. The Hall–Kier alpha value is -6.58. The topological polar surface area (TPSA) is 119 Å². The van der Waals surface area contributed by atoms with Crippen molar-refractivity contribution >= 4 is 16.7 Å². The summed E-state index contributed by atoms with van der Waals surface area (Å²) < 4.78 is 189. The normalized spacial score (nSPS) is 14.0. The zero-order chi connectivity index (χ0) is 35.4. The number of nitriles is 5. The second-order valence-corrected chi connectivity index (χ2v) is 8.77. The molecule has 0 atom stereocenters. The molecule has 0 amide bonds. The fraction of sp³-hybridized carbons (Fsp3) is 0. The van der Waals surface area contributed by atoms with Crippen LogP contribution < -0.4 is 0 Å². The number of benzene rings is 3. The van der Waals surface area contributed by atoms with Gasteiger partial charge in [0, 0.05) is 16.7 Å². The smallest absolute Gasteiger partial charge is 0.200 e. The molecule has 0 spiro atoms. The summed E-state index contributed by atoms with van der Waals surface area (Å²) in [4.78, 5) is 0. The van der Waals surface area contributed by atoms with Gasteiger partial charge < -0.3 is 0 Å². The highest BCUT2D eigenvalue weighted by Gasteiger charge is 2.46. The molecule has 0 radical (unpaired) electrons. The molecule has 232 valence electrons. The van der Waals surface area contributed by atoms with Crippen molar-refractivity contribution in [2.45, 2.75) is 0 Å². The van der Waals surface area contributed by atoms with Gasteiger partial charge in [-0.2, -0.15) is 26.3 Å². The molecule has 0 bridgehead atoms. The lowest BCUT2D eigenvalue weighted by Gasteiger charge is -2.08. The van der Waals surface area contributed by atoms with Crippen molar-refractivity contribution in [1.82, 2.24) is 0 Å². The first-order valence-corrected chi connectivity index (χ1v) is 11.6. The lowest BCUT2D eigenvalue weighted by atomic mass is 9.99. The van der Waals surface area contributed by atoms with E-state index in [4.69, 9.17) is 10.5 Å². The second kappa shape index (κ2) is 11.7. The quantitative estimate of drug-likeness (QED) is 0.124. The van der Waals surface area contributed by atoms with Gasteiger partial charge in [0.15, 0.2) is 69.8 Å². The van der Waals surface area contributed by atoms with Crippen molar-refractivity contribution in [2.24, 2.45) is 0 Å². The average molecular weight is 665 g/mol. The van der Waals surface area contributed by atoms with E-state index in [0.717, 1.165) is 30.3 Å². The zero-order valence-corrected chi connectivity index (χ0v) is 21.6. The van der Waals surface area contributed by atoms with Crippen molar-refractivity contribution in [3.8, 4) is 30.3 Å². The van der Waals surface area contributed by atoms with Crippen LogP contribution in [0.5, 0.6) is 0 Å². The SMILES string of the molecule is N#CC(=C1C(=C(C#N)c2c(F)c(F)c(C#N)c(F)c2F)C1=C(C#N)c1c(F)c(F)c(C#N)c(F)c1F)c1c(F)c(F)c(F)c(F)c1F. The van der Waals surface area contributed by atoms with Gasteiger partial charge in [-0.15, -0.1) is 0 Å². The van der Waals surface area contributed by atoms with Gasteiger partial charge >= 0.3 is 0 Å². The molecule has 1 aliphatic carbocycles. The first kappa shape index (κ1) is 33.3. The van der Waals surface area contributed by atoms with Crippen LogP contribution in [0.25, 0.3) is 16.7 Å². The van der Waals surface area contributed by atoms with Gasteiger partial charge in [-0.05, 0) is 0 Å². The van der Waals surface area contributed by atoms with Crippen LogP contribution in [0.2, 0.25) is 0 Å². The number of rotatable bonds is 3. The minimum atomic E-state index is -2.79. The monoisotopic (exact) mass is 665 g/mol. The van der Waals surface area contributed by atoms with Crippen LogP contribution in [-0.4, -0.2) is 0 Å². The summed E-state index contributed by atoms with van der Waals surface area (Å²) >= 11 is 0. The summed E-state index contributed by atoms with van der Waals surface area (Å²) in [5.41, 5.74) is -20.0. The lowest BCUT2D eigenvalue weighted by Crippen LogP contribution is -2.07. The molecule has 0 aromatic heterocycles. The Morgan fingerprint density at radius 1 is 0.298 bits per heavy atom. The predicted octanol–water partition coefficient (Wildman–Crippen LogP) is 7.48. The van der Waals surface area contributed by atoms with E-state index in [0.29, 0.717) is 0 Å². The van der Waals surface area contributed by atoms with E-state index in [2.05, 4.69) is 0 Å². The van der Waals surface area contributed by atoms with E-state index in [1.807, 2.05) is 0 Å². The Kier molecular flexibility index (Phi) is 8.32. The number of allylic oxidation sites excluding steroid dienone is 6. The molecule has 5 nitrogen and oxygen atoms in total. The molecule has 1 aliphatic rings. The molecule has 4 rings (SSSR count). The third kappa shape index (κ3) is 4.61. The van der Waals surface area contributed by atoms with Gasteiger partial charge in [-0.1, -0.05) is 0 Å². The summed E-state index contributed by atoms with van der Waals surface area (Å²) in [5, 5.41) is 46.8. The highest BCUT2D eigenvalue weighted by atomic mass is 19.2. The molecule has 47 heavy (non-hydrogen) atoms. The van der Waals surface area contributed by atoms with Gasteiger partial charge in [-0.25, -0.2) is 57.1 Å². The zero-order valence-electron chi connectivity index (χ0n) is 21.6. The van der Waals surface area contributed by atoms with Crippen LogP contribution >= 0.6 is 0 Å². The minimum absolute atomic E-state index is 0.753. The maximum Gasteiger partial charge on any atom is 0.200 e. The Morgan fingerprint density at radius 3 is 0.681 bits per heavy atom. The first-order valence-electron chi connectivity index (χ1n) is 11.6. The molecule has 0 saturated heterocycles. The van der Waals surface area contributed by atoms with E-state index in [1.165, 1.54) is 0 Å². The van der Waals surface area contributed by atoms with Crippen LogP contribution in [0.15, 0.2) is 16.7 Å². The molecule has 0 aliphatic heterocycles. The van der Waals surface area contributed by atoms with E-state index in [9.17, 15) is 72.9 Å². The molecule has 1 saturated carbocycles. The van der Waals surface area contributed by atoms with Crippen molar-refractivity contribution < 1.29 is 57.1 Å². The molecule has 1 fully saturated rings. The second-order valence-electron chi connectivity index (χ2n) is 8.77. The van der Waals surface area contributed by atoms with Crippen LogP contribution in [0.4, 0.5) is 57.1 Å². The molecular formula is C29F13N5. The van der Waals surface area contributed by atoms with Crippen LogP contribution in [-0.2, 0) is 0 Å². The summed E-state index contributed by atoms with van der Waals surface area (Å²) in [5.74, 6) is -33.8. The van der Waals surface area contributed by atoms with Crippen molar-refractivity contribution in [2.75, 3.05) is 0 Å². The Morgan fingerprint density at radius 2 is 0.489 bits per heavy atom. The number of halogens is 13. The van der Waals surface area contributed by atoms with Crippen LogP contribution in [0.3, 0.4) is 0 Å². The molecule has 0 N–H and O–H groups in total. The Labute approximate surface area is 251 Å².